The van der Waals surface area contributed by atoms with Gasteiger partial charge in [-0.05, 0) is 41.5 Å². The minimum atomic E-state index is -0.923. The van der Waals surface area contributed by atoms with Gasteiger partial charge in [0.05, 0.1) is 30.8 Å². The molecule has 0 radical (unpaired) electrons. The SMILES string of the molecule is CC(C)(C)OC[C@@H](O)C[C@@H](O)CC(=O)OC(C)(C)C. The molecule has 19 heavy (non-hydrogen) atoms. The van der Waals surface area contributed by atoms with Crippen molar-refractivity contribution < 1.29 is 24.5 Å². The zero-order valence-electron chi connectivity index (χ0n) is 12.9. The van der Waals surface area contributed by atoms with Crippen molar-refractivity contribution in [2.24, 2.45) is 0 Å². The smallest absolute Gasteiger partial charge is 0.308 e. The Morgan fingerprint density at radius 1 is 1.00 bits per heavy atom. The Kier molecular flexibility index (Phi) is 6.97. The maximum Gasteiger partial charge on any atom is 0.308 e. The molecular formula is C14H28O5. The summed E-state index contributed by atoms with van der Waals surface area (Å²) in [5, 5.41) is 19.4. The normalized spacial score (nSPS) is 16.0. The molecule has 0 rings (SSSR count). The topological polar surface area (TPSA) is 76.0 Å². The van der Waals surface area contributed by atoms with Gasteiger partial charge in [-0.3, -0.25) is 4.79 Å². The van der Waals surface area contributed by atoms with Gasteiger partial charge < -0.3 is 19.7 Å². The third-order valence-corrected chi connectivity index (χ3v) is 2.08. The molecule has 5 heteroatoms. The molecular weight excluding hydrogens is 248 g/mol. The van der Waals surface area contributed by atoms with Crippen LogP contribution in [0.4, 0.5) is 0 Å². The van der Waals surface area contributed by atoms with Crippen molar-refractivity contribution in [3.63, 3.8) is 0 Å². The average molecular weight is 276 g/mol. The van der Waals surface area contributed by atoms with Crippen LogP contribution in [0.2, 0.25) is 0 Å². The first kappa shape index (κ1) is 18.4. The Bertz CT molecular complexity index is 275. The van der Waals surface area contributed by atoms with Gasteiger partial charge in [0.15, 0.2) is 0 Å². The number of hydrogen-bond donors (Lipinski definition) is 2. The molecule has 0 aliphatic carbocycles. The third-order valence-electron chi connectivity index (χ3n) is 2.08. The van der Waals surface area contributed by atoms with Gasteiger partial charge in [0, 0.05) is 6.42 Å². The minimum Gasteiger partial charge on any atom is -0.460 e. The average Bonchev–Trinajstić information content (AvgIpc) is 2.09. The van der Waals surface area contributed by atoms with Crippen LogP contribution >= 0.6 is 0 Å². The molecule has 0 heterocycles. The molecule has 0 aliphatic rings. The number of ether oxygens (including phenoxy) is 2. The first-order valence-electron chi connectivity index (χ1n) is 6.61. The zero-order chi connectivity index (χ0) is 15.3. The van der Waals surface area contributed by atoms with Gasteiger partial charge in [-0.1, -0.05) is 0 Å². The van der Waals surface area contributed by atoms with Crippen molar-refractivity contribution >= 4 is 5.97 Å². The molecule has 0 aliphatic heterocycles. The Morgan fingerprint density at radius 2 is 1.53 bits per heavy atom. The highest BCUT2D eigenvalue weighted by atomic mass is 16.6. The van der Waals surface area contributed by atoms with E-state index in [1.807, 2.05) is 20.8 Å². The first-order chi connectivity index (χ1) is 8.39. The van der Waals surface area contributed by atoms with Crippen molar-refractivity contribution in [1.29, 1.82) is 0 Å². The molecule has 0 aromatic heterocycles. The Balaban J connectivity index is 3.97. The molecule has 0 saturated heterocycles. The summed E-state index contributed by atoms with van der Waals surface area (Å²) in [6, 6.07) is 0. The van der Waals surface area contributed by atoms with Gasteiger partial charge in [-0.2, -0.15) is 0 Å². The second-order valence-electron chi connectivity index (χ2n) is 6.76. The fourth-order valence-corrected chi connectivity index (χ4v) is 1.39. The second-order valence-corrected chi connectivity index (χ2v) is 6.76. The van der Waals surface area contributed by atoms with Crippen LogP contribution in [0, 0.1) is 0 Å². The molecule has 2 N–H and O–H groups in total. The Morgan fingerprint density at radius 3 is 1.95 bits per heavy atom. The lowest BCUT2D eigenvalue weighted by Crippen LogP contribution is -2.31. The van der Waals surface area contributed by atoms with E-state index in [1.54, 1.807) is 20.8 Å². The van der Waals surface area contributed by atoms with Gasteiger partial charge in [0.25, 0.3) is 0 Å². The molecule has 0 unspecified atom stereocenters. The van der Waals surface area contributed by atoms with E-state index in [0.717, 1.165) is 0 Å². The summed E-state index contributed by atoms with van der Waals surface area (Å²) in [5.74, 6) is -0.469. The van der Waals surface area contributed by atoms with Crippen LogP contribution in [-0.4, -0.2) is 46.2 Å². The van der Waals surface area contributed by atoms with Gasteiger partial charge in [-0.25, -0.2) is 0 Å². The summed E-state index contributed by atoms with van der Waals surface area (Å²) in [7, 11) is 0. The van der Waals surface area contributed by atoms with Gasteiger partial charge >= 0.3 is 5.97 Å². The van der Waals surface area contributed by atoms with E-state index < -0.39 is 23.8 Å². The van der Waals surface area contributed by atoms with Crippen molar-refractivity contribution in [2.45, 2.75) is 77.8 Å². The second kappa shape index (κ2) is 7.22. The lowest BCUT2D eigenvalue weighted by Gasteiger charge is -2.24. The summed E-state index contributed by atoms with van der Waals surface area (Å²) < 4.78 is 10.5. The van der Waals surface area contributed by atoms with Crippen LogP contribution in [-0.2, 0) is 14.3 Å². The maximum absolute atomic E-state index is 11.5. The molecule has 0 saturated carbocycles. The number of carbonyl (C=O) groups excluding carboxylic acids is 1. The van der Waals surface area contributed by atoms with Crippen molar-refractivity contribution in [2.75, 3.05) is 6.61 Å². The summed E-state index contributed by atoms with van der Waals surface area (Å²) >= 11 is 0. The molecule has 0 amide bonds. The summed E-state index contributed by atoms with van der Waals surface area (Å²) in [4.78, 5) is 11.5. The van der Waals surface area contributed by atoms with E-state index in [1.165, 1.54) is 0 Å². The number of aliphatic hydroxyl groups excluding tert-OH is 2. The Labute approximate surface area is 115 Å². The molecule has 0 aromatic rings. The van der Waals surface area contributed by atoms with Crippen LogP contribution in [0.5, 0.6) is 0 Å². The molecule has 0 fully saturated rings. The first-order valence-corrected chi connectivity index (χ1v) is 6.61. The van der Waals surface area contributed by atoms with Crippen molar-refractivity contribution in [3.05, 3.63) is 0 Å². The van der Waals surface area contributed by atoms with Crippen LogP contribution in [0.15, 0.2) is 0 Å². The predicted octanol–water partition coefficient (Wildman–Crippen LogP) is 1.65. The van der Waals surface area contributed by atoms with Crippen LogP contribution in [0.1, 0.15) is 54.4 Å². The van der Waals surface area contributed by atoms with Gasteiger partial charge in [-0.15, -0.1) is 0 Å². The third kappa shape index (κ3) is 12.1. The van der Waals surface area contributed by atoms with E-state index in [2.05, 4.69) is 0 Å². The monoisotopic (exact) mass is 276 g/mol. The summed E-state index contributed by atoms with van der Waals surface area (Å²) in [6.45, 7) is 11.1. The van der Waals surface area contributed by atoms with E-state index in [4.69, 9.17) is 9.47 Å². The number of carbonyl (C=O) groups is 1. The predicted molar refractivity (Wildman–Crippen MR) is 72.8 cm³/mol. The van der Waals surface area contributed by atoms with E-state index in [-0.39, 0.29) is 25.0 Å². The number of aliphatic hydroxyl groups is 2. The highest BCUT2D eigenvalue weighted by Crippen LogP contribution is 2.13. The quantitative estimate of drug-likeness (QED) is 0.721. The zero-order valence-corrected chi connectivity index (χ0v) is 12.9. The molecule has 0 spiro atoms. The standard InChI is InChI=1S/C14H28O5/c1-13(2,3)18-9-11(16)7-10(15)8-12(17)19-14(4,5)6/h10-11,15-16H,7-9H2,1-6H3/t10-,11+/m1/s1. The van der Waals surface area contributed by atoms with Gasteiger partial charge in [0.1, 0.15) is 5.60 Å². The fraction of sp³-hybridized carbons (Fsp3) is 0.929. The number of rotatable bonds is 6. The highest BCUT2D eigenvalue weighted by molar-refractivity contribution is 5.70. The van der Waals surface area contributed by atoms with E-state index in [0.29, 0.717) is 0 Å². The van der Waals surface area contributed by atoms with E-state index >= 15 is 0 Å². The molecule has 114 valence electrons. The largest absolute Gasteiger partial charge is 0.460 e. The minimum absolute atomic E-state index is 0.0926. The number of hydrogen-bond acceptors (Lipinski definition) is 5. The molecule has 0 bridgehead atoms. The number of esters is 1. The molecule has 5 nitrogen and oxygen atoms in total. The fourth-order valence-electron chi connectivity index (χ4n) is 1.39. The van der Waals surface area contributed by atoms with Crippen LogP contribution in [0.25, 0.3) is 0 Å². The van der Waals surface area contributed by atoms with Crippen molar-refractivity contribution in [3.8, 4) is 0 Å². The summed E-state index contributed by atoms with van der Waals surface area (Å²) in [5.41, 5.74) is -0.901. The van der Waals surface area contributed by atoms with Crippen molar-refractivity contribution in [1.82, 2.24) is 0 Å². The lowest BCUT2D eigenvalue weighted by atomic mass is 10.1. The highest BCUT2D eigenvalue weighted by Gasteiger charge is 2.22. The maximum atomic E-state index is 11.5. The van der Waals surface area contributed by atoms with Gasteiger partial charge in [0.2, 0.25) is 0 Å². The molecule has 2 atom stereocenters. The van der Waals surface area contributed by atoms with E-state index in [9.17, 15) is 15.0 Å². The lowest BCUT2D eigenvalue weighted by molar-refractivity contribution is -0.157. The summed E-state index contributed by atoms with van der Waals surface area (Å²) in [6.07, 6.45) is -1.75. The Hall–Kier alpha value is -0.650. The van der Waals surface area contributed by atoms with Crippen LogP contribution in [0.3, 0.4) is 0 Å². The molecule has 0 aromatic carbocycles. The van der Waals surface area contributed by atoms with Crippen LogP contribution < -0.4 is 0 Å².